The van der Waals surface area contributed by atoms with E-state index in [-0.39, 0.29) is 12.5 Å². The Balaban J connectivity index is 1.37. The lowest BCUT2D eigenvalue weighted by Gasteiger charge is -2.20. The molecule has 8 nitrogen and oxygen atoms in total. The first-order valence-electron chi connectivity index (χ1n) is 9.67. The summed E-state index contributed by atoms with van der Waals surface area (Å²) in [5.41, 5.74) is 1.54. The Bertz CT molecular complexity index is 889. The summed E-state index contributed by atoms with van der Waals surface area (Å²) in [6.07, 6.45) is 0.558. The Hall–Kier alpha value is -3.13. The summed E-state index contributed by atoms with van der Waals surface area (Å²) >= 11 is 6.21. The highest BCUT2D eigenvalue weighted by atomic mass is 35.5. The molecule has 3 amide bonds. The van der Waals surface area contributed by atoms with Crippen molar-refractivity contribution in [1.29, 1.82) is 0 Å². The number of urea groups is 1. The predicted octanol–water partition coefficient (Wildman–Crippen LogP) is 2.99. The molecule has 30 heavy (non-hydrogen) atoms. The number of hydrogen-bond donors (Lipinski definition) is 3. The second-order valence-electron chi connectivity index (χ2n) is 6.47. The van der Waals surface area contributed by atoms with Crippen molar-refractivity contribution < 1.29 is 23.8 Å². The summed E-state index contributed by atoms with van der Waals surface area (Å²) in [5.74, 6) is 1.57. The number of halogens is 1. The molecule has 3 N–H and O–H groups in total. The molecule has 0 saturated heterocycles. The van der Waals surface area contributed by atoms with Crippen LogP contribution in [0.2, 0.25) is 5.02 Å². The SMILES string of the molecule is CCOc1ccc(NC(=O)CNC(=O)NCCc2cc(Cl)c3c(c2)OCCO3)cc1. The highest BCUT2D eigenvalue weighted by molar-refractivity contribution is 6.32. The molecule has 2 aromatic carbocycles. The van der Waals surface area contributed by atoms with Crippen LogP contribution in [-0.2, 0) is 11.2 Å². The Kier molecular flexibility index (Phi) is 7.62. The largest absolute Gasteiger partial charge is 0.494 e. The molecular formula is C21H24ClN3O5. The van der Waals surface area contributed by atoms with Crippen LogP contribution in [0.1, 0.15) is 12.5 Å². The number of rotatable bonds is 8. The molecule has 0 bridgehead atoms. The van der Waals surface area contributed by atoms with E-state index >= 15 is 0 Å². The van der Waals surface area contributed by atoms with E-state index in [0.29, 0.717) is 55.0 Å². The Labute approximate surface area is 179 Å². The number of ether oxygens (including phenoxy) is 3. The average molecular weight is 434 g/mol. The normalized spacial score (nSPS) is 12.1. The van der Waals surface area contributed by atoms with Crippen molar-refractivity contribution >= 4 is 29.2 Å². The van der Waals surface area contributed by atoms with E-state index in [0.717, 1.165) is 11.3 Å². The molecule has 0 atom stereocenters. The van der Waals surface area contributed by atoms with E-state index in [1.807, 2.05) is 13.0 Å². The molecule has 0 spiro atoms. The first-order valence-corrected chi connectivity index (χ1v) is 10.1. The molecule has 0 aliphatic carbocycles. The number of carbonyl (C=O) groups excluding carboxylic acids is 2. The van der Waals surface area contributed by atoms with E-state index in [2.05, 4.69) is 16.0 Å². The number of nitrogens with one attached hydrogen (secondary N) is 3. The molecule has 0 radical (unpaired) electrons. The first-order chi connectivity index (χ1) is 14.5. The van der Waals surface area contributed by atoms with Gasteiger partial charge in [-0.05, 0) is 55.3 Å². The van der Waals surface area contributed by atoms with Gasteiger partial charge in [0.2, 0.25) is 5.91 Å². The van der Waals surface area contributed by atoms with E-state index in [1.54, 1.807) is 30.3 Å². The minimum absolute atomic E-state index is 0.144. The zero-order chi connectivity index (χ0) is 21.3. The van der Waals surface area contributed by atoms with Crippen LogP contribution >= 0.6 is 11.6 Å². The first kappa shape index (κ1) is 21.6. The second-order valence-corrected chi connectivity index (χ2v) is 6.87. The van der Waals surface area contributed by atoms with Gasteiger partial charge in [-0.15, -0.1) is 0 Å². The van der Waals surface area contributed by atoms with Crippen molar-refractivity contribution in [1.82, 2.24) is 10.6 Å². The minimum Gasteiger partial charge on any atom is -0.494 e. The van der Waals surface area contributed by atoms with Crippen molar-refractivity contribution in [3.05, 3.63) is 47.0 Å². The van der Waals surface area contributed by atoms with Gasteiger partial charge in [0, 0.05) is 12.2 Å². The lowest BCUT2D eigenvalue weighted by Crippen LogP contribution is -2.40. The number of amides is 3. The van der Waals surface area contributed by atoms with E-state index in [4.69, 9.17) is 25.8 Å². The third kappa shape index (κ3) is 6.18. The summed E-state index contributed by atoms with van der Waals surface area (Å²) in [4.78, 5) is 23.9. The van der Waals surface area contributed by atoms with Gasteiger partial charge in [0.25, 0.3) is 0 Å². The molecule has 0 aromatic heterocycles. The summed E-state index contributed by atoms with van der Waals surface area (Å²) in [7, 11) is 0. The van der Waals surface area contributed by atoms with Crippen LogP contribution in [0.3, 0.4) is 0 Å². The lowest BCUT2D eigenvalue weighted by molar-refractivity contribution is -0.115. The molecule has 0 fully saturated rings. The van der Waals surface area contributed by atoms with Gasteiger partial charge in [-0.3, -0.25) is 4.79 Å². The maximum atomic E-state index is 12.0. The summed E-state index contributed by atoms with van der Waals surface area (Å²) in [6.45, 7) is 3.66. The summed E-state index contributed by atoms with van der Waals surface area (Å²) < 4.78 is 16.4. The highest BCUT2D eigenvalue weighted by Gasteiger charge is 2.16. The van der Waals surface area contributed by atoms with Crippen molar-refractivity contribution in [3.63, 3.8) is 0 Å². The Morgan fingerprint density at radius 2 is 1.87 bits per heavy atom. The van der Waals surface area contributed by atoms with Crippen molar-refractivity contribution in [2.45, 2.75) is 13.3 Å². The van der Waals surface area contributed by atoms with Crippen LogP contribution in [0.4, 0.5) is 10.5 Å². The molecule has 9 heteroatoms. The van der Waals surface area contributed by atoms with E-state index < -0.39 is 6.03 Å². The number of anilines is 1. The van der Waals surface area contributed by atoms with Crippen LogP contribution in [-0.4, -0.2) is 44.8 Å². The highest BCUT2D eigenvalue weighted by Crippen LogP contribution is 2.38. The molecule has 160 valence electrons. The van der Waals surface area contributed by atoms with E-state index in [1.165, 1.54) is 0 Å². The fourth-order valence-electron chi connectivity index (χ4n) is 2.86. The van der Waals surface area contributed by atoms with Gasteiger partial charge < -0.3 is 30.2 Å². The van der Waals surface area contributed by atoms with Crippen LogP contribution in [0.15, 0.2) is 36.4 Å². The van der Waals surface area contributed by atoms with Crippen LogP contribution in [0.5, 0.6) is 17.2 Å². The smallest absolute Gasteiger partial charge is 0.315 e. The van der Waals surface area contributed by atoms with Crippen LogP contribution in [0, 0.1) is 0 Å². The average Bonchev–Trinajstić information content (AvgIpc) is 2.74. The quantitative estimate of drug-likeness (QED) is 0.594. The molecule has 3 rings (SSSR count). The zero-order valence-corrected chi connectivity index (χ0v) is 17.4. The maximum Gasteiger partial charge on any atom is 0.315 e. The fraction of sp³-hybridized carbons (Fsp3) is 0.333. The Morgan fingerprint density at radius 3 is 2.63 bits per heavy atom. The van der Waals surface area contributed by atoms with Gasteiger partial charge in [0.1, 0.15) is 19.0 Å². The maximum absolute atomic E-state index is 12.0. The molecule has 1 aliphatic heterocycles. The lowest BCUT2D eigenvalue weighted by atomic mass is 10.1. The zero-order valence-electron chi connectivity index (χ0n) is 16.6. The summed E-state index contributed by atoms with van der Waals surface area (Å²) in [5, 5.41) is 8.42. The number of benzene rings is 2. The predicted molar refractivity (Wildman–Crippen MR) is 114 cm³/mol. The topological polar surface area (TPSA) is 97.9 Å². The molecular weight excluding hydrogens is 410 g/mol. The minimum atomic E-state index is -0.430. The standard InChI is InChI=1S/C21H24ClN3O5/c1-2-28-16-5-3-15(4-6-16)25-19(26)13-24-21(27)23-8-7-14-11-17(22)20-18(12-14)29-9-10-30-20/h3-6,11-12H,2,7-10,13H2,1H3,(H,25,26)(H2,23,24,27). The third-order valence-corrected chi connectivity index (χ3v) is 4.50. The summed E-state index contributed by atoms with van der Waals surface area (Å²) in [6, 6.07) is 10.2. The monoisotopic (exact) mass is 433 g/mol. The van der Waals surface area contributed by atoms with Gasteiger partial charge in [0.05, 0.1) is 18.2 Å². The van der Waals surface area contributed by atoms with Crippen LogP contribution in [0.25, 0.3) is 0 Å². The number of hydrogen-bond acceptors (Lipinski definition) is 5. The van der Waals surface area contributed by atoms with Gasteiger partial charge >= 0.3 is 6.03 Å². The van der Waals surface area contributed by atoms with Gasteiger partial charge in [-0.2, -0.15) is 0 Å². The molecule has 1 aliphatic rings. The van der Waals surface area contributed by atoms with Gasteiger partial charge in [-0.1, -0.05) is 11.6 Å². The number of carbonyl (C=O) groups is 2. The van der Waals surface area contributed by atoms with Crippen LogP contribution < -0.4 is 30.2 Å². The van der Waals surface area contributed by atoms with Gasteiger partial charge in [-0.25, -0.2) is 4.79 Å². The second kappa shape index (κ2) is 10.6. The van der Waals surface area contributed by atoms with Crippen molar-refractivity contribution in [3.8, 4) is 17.2 Å². The molecule has 2 aromatic rings. The van der Waals surface area contributed by atoms with Crippen molar-refractivity contribution in [2.24, 2.45) is 0 Å². The third-order valence-electron chi connectivity index (χ3n) is 4.21. The Morgan fingerprint density at radius 1 is 1.10 bits per heavy atom. The molecule has 1 heterocycles. The number of fused-ring (bicyclic) bond motifs is 1. The molecule has 0 saturated carbocycles. The molecule has 0 unspecified atom stereocenters. The van der Waals surface area contributed by atoms with E-state index in [9.17, 15) is 9.59 Å². The fourth-order valence-corrected chi connectivity index (χ4v) is 3.15. The van der Waals surface area contributed by atoms with Gasteiger partial charge in [0.15, 0.2) is 11.5 Å². The van der Waals surface area contributed by atoms with Crippen molar-refractivity contribution in [2.75, 3.05) is 38.2 Å².